The molecule has 1 aliphatic heterocycles. The maximum absolute atomic E-state index is 12.2. The highest BCUT2D eigenvalue weighted by molar-refractivity contribution is 8.18. The molecule has 128 valence electrons. The molecular weight excluding hydrogens is 332 g/mol. The Hall–Kier alpha value is -2.53. The number of rotatable bonds is 5. The Morgan fingerprint density at radius 3 is 2.60 bits per heavy atom. The third-order valence-electron chi connectivity index (χ3n) is 3.73. The first kappa shape index (κ1) is 17.3. The van der Waals surface area contributed by atoms with Gasteiger partial charge in [-0.1, -0.05) is 37.3 Å². The first-order valence-electron chi connectivity index (χ1n) is 8.30. The van der Waals surface area contributed by atoms with Gasteiger partial charge in [0.25, 0.3) is 5.91 Å². The molecule has 0 saturated carbocycles. The van der Waals surface area contributed by atoms with Crippen molar-refractivity contribution in [1.29, 1.82) is 0 Å². The first-order chi connectivity index (χ1) is 12.2. The van der Waals surface area contributed by atoms with Gasteiger partial charge in [-0.05, 0) is 60.5 Å². The molecule has 2 aromatic carbocycles. The summed E-state index contributed by atoms with van der Waals surface area (Å²) in [7, 11) is 0. The highest BCUT2D eigenvalue weighted by Crippen LogP contribution is 2.29. The minimum absolute atomic E-state index is 0.119. The molecule has 0 atom stereocenters. The number of amides is 1. The summed E-state index contributed by atoms with van der Waals surface area (Å²) in [6, 6.07) is 15.7. The standard InChI is InChI=1S/C20H20N2O2S/c1-3-15-7-5-6-8-17(15)21-20-22-19(23)18(25-20)13-14-9-11-16(12-10-14)24-4-2/h5-13H,3-4H2,1-2H3,(H,21,22,23). The van der Waals surface area contributed by atoms with E-state index in [1.807, 2.05) is 55.5 Å². The van der Waals surface area contributed by atoms with Crippen molar-refractivity contribution >= 4 is 34.6 Å². The number of nitrogens with zero attached hydrogens (tertiary/aromatic N) is 1. The number of hydrogen-bond donors (Lipinski definition) is 1. The summed E-state index contributed by atoms with van der Waals surface area (Å²) in [5.41, 5.74) is 3.01. The number of carbonyl (C=O) groups is 1. The number of carbonyl (C=O) groups excluding carboxylic acids is 1. The quantitative estimate of drug-likeness (QED) is 0.804. The smallest absolute Gasteiger partial charge is 0.264 e. The number of ether oxygens (including phenoxy) is 1. The molecule has 1 N–H and O–H groups in total. The van der Waals surface area contributed by atoms with Crippen molar-refractivity contribution in [2.45, 2.75) is 20.3 Å². The topological polar surface area (TPSA) is 50.7 Å². The van der Waals surface area contributed by atoms with Gasteiger partial charge in [-0.15, -0.1) is 0 Å². The second kappa shape index (κ2) is 8.03. The molecule has 1 heterocycles. The van der Waals surface area contributed by atoms with Crippen LogP contribution in [0.5, 0.6) is 5.75 Å². The number of benzene rings is 2. The number of hydrogen-bond acceptors (Lipinski definition) is 4. The molecule has 1 aliphatic rings. The molecule has 4 nitrogen and oxygen atoms in total. The molecule has 0 unspecified atom stereocenters. The Bertz CT molecular complexity index is 826. The number of aryl methyl sites for hydroxylation is 1. The largest absolute Gasteiger partial charge is 0.494 e. The molecule has 1 saturated heterocycles. The Balaban J connectivity index is 1.79. The van der Waals surface area contributed by atoms with E-state index in [4.69, 9.17) is 4.74 Å². The minimum atomic E-state index is -0.119. The van der Waals surface area contributed by atoms with E-state index in [9.17, 15) is 4.79 Å². The lowest BCUT2D eigenvalue weighted by molar-refractivity contribution is -0.115. The van der Waals surface area contributed by atoms with E-state index in [0.29, 0.717) is 16.7 Å². The fourth-order valence-electron chi connectivity index (χ4n) is 2.49. The van der Waals surface area contributed by atoms with Gasteiger partial charge < -0.3 is 10.1 Å². The lowest BCUT2D eigenvalue weighted by atomic mass is 10.1. The van der Waals surface area contributed by atoms with E-state index >= 15 is 0 Å². The van der Waals surface area contributed by atoms with Crippen LogP contribution in [0.25, 0.3) is 6.08 Å². The second-order valence-electron chi connectivity index (χ2n) is 5.47. The molecular formula is C20H20N2O2S. The van der Waals surface area contributed by atoms with Crippen LogP contribution in [-0.4, -0.2) is 17.7 Å². The van der Waals surface area contributed by atoms with Gasteiger partial charge in [0.1, 0.15) is 5.75 Å². The van der Waals surface area contributed by atoms with Crippen LogP contribution in [0.3, 0.4) is 0 Å². The Morgan fingerprint density at radius 1 is 1.12 bits per heavy atom. The first-order valence-corrected chi connectivity index (χ1v) is 9.11. The molecule has 1 amide bonds. The molecule has 0 aliphatic carbocycles. The van der Waals surface area contributed by atoms with Gasteiger partial charge in [-0.3, -0.25) is 4.79 Å². The molecule has 25 heavy (non-hydrogen) atoms. The maximum atomic E-state index is 12.2. The SMILES string of the molecule is CCOc1ccc(C=C2SC(=Nc3ccccc3CC)NC2=O)cc1. The summed E-state index contributed by atoms with van der Waals surface area (Å²) in [5.74, 6) is 0.707. The zero-order valence-electron chi connectivity index (χ0n) is 14.3. The summed E-state index contributed by atoms with van der Waals surface area (Å²) in [4.78, 5) is 17.4. The van der Waals surface area contributed by atoms with E-state index in [0.717, 1.165) is 29.0 Å². The third-order valence-corrected chi connectivity index (χ3v) is 4.64. The summed E-state index contributed by atoms with van der Waals surface area (Å²) in [6.07, 6.45) is 2.77. The molecule has 0 aromatic heterocycles. The van der Waals surface area contributed by atoms with Gasteiger partial charge >= 0.3 is 0 Å². The number of aliphatic imine (C=N–C) groups is 1. The maximum Gasteiger partial charge on any atom is 0.264 e. The summed E-state index contributed by atoms with van der Waals surface area (Å²) >= 11 is 1.36. The summed E-state index contributed by atoms with van der Waals surface area (Å²) in [6.45, 7) is 4.68. The van der Waals surface area contributed by atoms with Crippen LogP contribution in [-0.2, 0) is 11.2 Å². The van der Waals surface area contributed by atoms with Gasteiger partial charge in [0.15, 0.2) is 5.17 Å². The van der Waals surface area contributed by atoms with Crippen molar-refractivity contribution in [2.24, 2.45) is 4.99 Å². The van der Waals surface area contributed by atoms with Crippen LogP contribution >= 0.6 is 11.8 Å². The van der Waals surface area contributed by atoms with Gasteiger partial charge in [0.2, 0.25) is 0 Å². The predicted octanol–water partition coefficient (Wildman–Crippen LogP) is 4.54. The predicted molar refractivity (Wildman–Crippen MR) is 104 cm³/mol. The van der Waals surface area contributed by atoms with Crippen molar-refractivity contribution in [1.82, 2.24) is 5.32 Å². The van der Waals surface area contributed by atoms with E-state index in [1.165, 1.54) is 11.8 Å². The third kappa shape index (κ3) is 4.31. The fourth-order valence-corrected chi connectivity index (χ4v) is 3.32. The summed E-state index contributed by atoms with van der Waals surface area (Å²) < 4.78 is 5.43. The van der Waals surface area contributed by atoms with Crippen LogP contribution in [0.1, 0.15) is 25.0 Å². The van der Waals surface area contributed by atoms with E-state index in [1.54, 1.807) is 0 Å². The van der Waals surface area contributed by atoms with Gasteiger partial charge in [0, 0.05) is 0 Å². The van der Waals surface area contributed by atoms with E-state index < -0.39 is 0 Å². The van der Waals surface area contributed by atoms with Crippen LogP contribution in [0.15, 0.2) is 58.4 Å². The average molecular weight is 352 g/mol. The van der Waals surface area contributed by atoms with Gasteiger partial charge in [-0.25, -0.2) is 4.99 Å². The molecule has 5 heteroatoms. The zero-order valence-corrected chi connectivity index (χ0v) is 15.1. The summed E-state index contributed by atoms with van der Waals surface area (Å²) in [5, 5.41) is 3.45. The highest BCUT2D eigenvalue weighted by Gasteiger charge is 2.23. The highest BCUT2D eigenvalue weighted by atomic mass is 32.2. The molecule has 3 rings (SSSR count). The second-order valence-corrected chi connectivity index (χ2v) is 6.50. The van der Waals surface area contributed by atoms with E-state index in [-0.39, 0.29) is 5.91 Å². The van der Waals surface area contributed by atoms with Crippen molar-refractivity contribution < 1.29 is 9.53 Å². The number of thioether (sulfide) groups is 1. The average Bonchev–Trinajstić information content (AvgIpc) is 2.96. The normalized spacial score (nSPS) is 17.1. The Morgan fingerprint density at radius 2 is 1.88 bits per heavy atom. The zero-order chi connectivity index (χ0) is 17.6. The monoisotopic (exact) mass is 352 g/mol. The minimum Gasteiger partial charge on any atom is -0.494 e. The fraction of sp³-hybridized carbons (Fsp3) is 0.200. The van der Waals surface area contributed by atoms with Crippen LogP contribution in [0.4, 0.5) is 5.69 Å². The number of para-hydroxylation sites is 1. The van der Waals surface area contributed by atoms with Crippen LogP contribution in [0.2, 0.25) is 0 Å². The van der Waals surface area contributed by atoms with Crippen molar-refractivity contribution in [3.05, 3.63) is 64.6 Å². The molecule has 0 bridgehead atoms. The molecule has 1 fully saturated rings. The van der Waals surface area contributed by atoms with Gasteiger partial charge in [0.05, 0.1) is 17.2 Å². The van der Waals surface area contributed by atoms with Crippen molar-refractivity contribution in [3.8, 4) is 5.75 Å². The lowest BCUT2D eigenvalue weighted by Crippen LogP contribution is -2.19. The van der Waals surface area contributed by atoms with Crippen LogP contribution < -0.4 is 10.1 Å². The number of amidine groups is 1. The Labute approximate surface area is 152 Å². The molecule has 0 spiro atoms. The van der Waals surface area contributed by atoms with Crippen molar-refractivity contribution in [2.75, 3.05) is 6.61 Å². The Kier molecular flexibility index (Phi) is 5.56. The van der Waals surface area contributed by atoms with Crippen molar-refractivity contribution in [3.63, 3.8) is 0 Å². The molecule has 0 radical (unpaired) electrons. The lowest BCUT2D eigenvalue weighted by Gasteiger charge is -2.03. The number of nitrogens with one attached hydrogen (secondary N) is 1. The van der Waals surface area contributed by atoms with E-state index in [2.05, 4.69) is 23.3 Å². The van der Waals surface area contributed by atoms with Gasteiger partial charge in [-0.2, -0.15) is 0 Å². The van der Waals surface area contributed by atoms with Crippen LogP contribution in [0, 0.1) is 0 Å². The molecule has 2 aromatic rings.